The number of amides is 1. The average molecular weight is 291 g/mol. The van der Waals surface area contributed by atoms with Gasteiger partial charge in [-0.05, 0) is 23.6 Å². The van der Waals surface area contributed by atoms with Gasteiger partial charge in [0.05, 0.1) is 4.92 Å². The highest BCUT2D eigenvalue weighted by molar-refractivity contribution is 7.09. The van der Waals surface area contributed by atoms with Gasteiger partial charge in [-0.15, -0.1) is 11.3 Å². The first kappa shape index (κ1) is 14.0. The number of rotatable bonds is 5. The molecule has 20 heavy (non-hydrogen) atoms. The molecule has 6 nitrogen and oxygen atoms in total. The van der Waals surface area contributed by atoms with Crippen LogP contribution in [0.5, 0.6) is 0 Å². The fourth-order valence-electron chi connectivity index (χ4n) is 1.71. The van der Waals surface area contributed by atoms with Crippen LogP contribution in [0.2, 0.25) is 0 Å². The molecule has 1 aromatic carbocycles. The molecule has 7 heteroatoms. The van der Waals surface area contributed by atoms with E-state index in [4.69, 9.17) is 0 Å². The maximum absolute atomic E-state index is 11.5. The molecule has 0 bridgehead atoms. The second kappa shape index (κ2) is 6.16. The summed E-state index contributed by atoms with van der Waals surface area (Å²) in [5.41, 5.74) is 0.555. The van der Waals surface area contributed by atoms with Gasteiger partial charge in [0.1, 0.15) is 5.69 Å². The van der Waals surface area contributed by atoms with Crippen LogP contribution < -0.4 is 10.6 Å². The van der Waals surface area contributed by atoms with Gasteiger partial charge in [-0.1, -0.05) is 6.07 Å². The second-order valence-corrected chi connectivity index (χ2v) is 5.03. The van der Waals surface area contributed by atoms with Gasteiger partial charge < -0.3 is 10.6 Å². The van der Waals surface area contributed by atoms with Crippen molar-refractivity contribution >= 4 is 28.6 Å². The number of hydrogen-bond acceptors (Lipinski definition) is 5. The van der Waals surface area contributed by atoms with Gasteiger partial charge >= 0.3 is 0 Å². The average Bonchev–Trinajstić information content (AvgIpc) is 2.97. The van der Waals surface area contributed by atoms with E-state index in [1.165, 1.54) is 13.1 Å². The third kappa shape index (κ3) is 3.12. The molecule has 0 saturated carbocycles. The lowest BCUT2D eigenvalue weighted by molar-refractivity contribution is -0.384. The van der Waals surface area contributed by atoms with Crippen LogP contribution in [0.3, 0.4) is 0 Å². The summed E-state index contributed by atoms with van der Waals surface area (Å²) in [6.45, 7) is 0.512. The van der Waals surface area contributed by atoms with Gasteiger partial charge in [-0.2, -0.15) is 0 Å². The van der Waals surface area contributed by atoms with Crippen molar-refractivity contribution in [1.29, 1.82) is 0 Å². The first-order valence-corrected chi connectivity index (χ1v) is 6.76. The number of nitro benzene ring substituents is 1. The minimum absolute atomic E-state index is 0.109. The molecule has 2 N–H and O–H groups in total. The molecule has 0 aliphatic heterocycles. The Bertz CT molecular complexity index is 626. The fraction of sp³-hybridized carbons (Fsp3) is 0.154. The number of thiophene rings is 1. The van der Waals surface area contributed by atoms with Crippen molar-refractivity contribution in [2.75, 3.05) is 12.4 Å². The van der Waals surface area contributed by atoms with E-state index in [9.17, 15) is 14.9 Å². The molecule has 1 heterocycles. The molecule has 104 valence electrons. The molecular weight excluding hydrogens is 278 g/mol. The van der Waals surface area contributed by atoms with E-state index in [-0.39, 0.29) is 17.2 Å². The van der Waals surface area contributed by atoms with Crippen LogP contribution in [-0.4, -0.2) is 17.9 Å². The largest absolute Gasteiger partial charge is 0.375 e. The van der Waals surface area contributed by atoms with Crippen LogP contribution >= 0.6 is 11.3 Å². The van der Waals surface area contributed by atoms with Crippen LogP contribution in [0.15, 0.2) is 35.7 Å². The summed E-state index contributed by atoms with van der Waals surface area (Å²) in [6.07, 6.45) is 0. The predicted molar refractivity (Wildman–Crippen MR) is 78.1 cm³/mol. The predicted octanol–water partition coefficient (Wildman–Crippen LogP) is 2.63. The van der Waals surface area contributed by atoms with Crippen molar-refractivity contribution in [3.63, 3.8) is 0 Å². The van der Waals surface area contributed by atoms with Gasteiger partial charge in [-0.25, -0.2) is 0 Å². The van der Waals surface area contributed by atoms with E-state index in [2.05, 4.69) is 10.6 Å². The number of anilines is 1. The van der Waals surface area contributed by atoms with Crippen LogP contribution in [0.1, 0.15) is 15.2 Å². The van der Waals surface area contributed by atoms with Gasteiger partial charge in [0, 0.05) is 30.1 Å². The normalized spacial score (nSPS) is 10.1. The maximum Gasteiger partial charge on any atom is 0.293 e. The lowest BCUT2D eigenvalue weighted by Gasteiger charge is -2.07. The number of nitrogens with one attached hydrogen (secondary N) is 2. The maximum atomic E-state index is 11.5. The summed E-state index contributed by atoms with van der Waals surface area (Å²) in [7, 11) is 1.48. The van der Waals surface area contributed by atoms with Crippen LogP contribution in [0, 0.1) is 10.1 Å². The summed E-state index contributed by atoms with van der Waals surface area (Å²) < 4.78 is 0. The highest BCUT2D eigenvalue weighted by Crippen LogP contribution is 2.26. The molecule has 0 fully saturated rings. The highest BCUT2D eigenvalue weighted by Gasteiger charge is 2.16. The third-order valence-electron chi connectivity index (χ3n) is 2.72. The van der Waals surface area contributed by atoms with Crippen molar-refractivity contribution in [3.05, 3.63) is 56.3 Å². The number of benzene rings is 1. The number of nitro groups is 1. The molecule has 0 radical (unpaired) electrons. The molecule has 2 rings (SSSR count). The van der Waals surface area contributed by atoms with Gasteiger partial charge in [-0.3, -0.25) is 14.9 Å². The van der Waals surface area contributed by atoms with Crippen molar-refractivity contribution < 1.29 is 9.72 Å². The molecular formula is C13H13N3O3S. The second-order valence-electron chi connectivity index (χ2n) is 4.00. The minimum Gasteiger partial charge on any atom is -0.375 e. The molecule has 0 atom stereocenters. The molecule has 0 saturated heterocycles. The van der Waals surface area contributed by atoms with E-state index in [1.807, 2.05) is 17.5 Å². The van der Waals surface area contributed by atoms with E-state index in [1.54, 1.807) is 23.5 Å². The fourth-order valence-corrected chi connectivity index (χ4v) is 2.36. The van der Waals surface area contributed by atoms with Gasteiger partial charge in [0.2, 0.25) is 0 Å². The van der Waals surface area contributed by atoms with E-state index in [0.717, 1.165) is 4.88 Å². The first-order chi connectivity index (χ1) is 9.61. The molecule has 1 aromatic heterocycles. The monoisotopic (exact) mass is 291 g/mol. The van der Waals surface area contributed by atoms with Crippen LogP contribution in [0.25, 0.3) is 0 Å². The molecule has 0 aliphatic rings. The van der Waals surface area contributed by atoms with Crippen molar-refractivity contribution in [3.8, 4) is 0 Å². The highest BCUT2D eigenvalue weighted by atomic mass is 32.1. The topological polar surface area (TPSA) is 84.3 Å². The van der Waals surface area contributed by atoms with Gasteiger partial charge in [0.25, 0.3) is 11.6 Å². The number of hydrogen-bond donors (Lipinski definition) is 2. The van der Waals surface area contributed by atoms with Crippen molar-refractivity contribution in [1.82, 2.24) is 5.32 Å². The Labute approximate surface area is 119 Å². The lowest BCUT2D eigenvalue weighted by Crippen LogP contribution is -2.18. The van der Waals surface area contributed by atoms with Crippen molar-refractivity contribution in [2.24, 2.45) is 0 Å². The summed E-state index contributed by atoms with van der Waals surface area (Å²) in [6, 6.07) is 8.25. The summed E-state index contributed by atoms with van der Waals surface area (Å²) in [4.78, 5) is 23.2. The summed E-state index contributed by atoms with van der Waals surface area (Å²) >= 11 is 1.57. The molecule has 0 aliphatic carbocycles. The Balaban J connectivity index is 2.23. The third-order valence-corrected chi connectivity index (χ3v) is 3.59. The Morgan fingerprint density at radius 1 is 1.40 bits per heavy atom. The zero-order chi connectivity index (χ0) is 14.5. The summed E-state index contributed by atoms with van der Waals surface area (Å²) in [5, 5.41) is 18.5. The van der Waals surface area contributed by atoms with Crippen LogP contribution in [0.4, 0.5) is 11.4 Å². The Kier molecular flexibility index (Phi) is 4.31. The Hall–Kier alpha value is -2.41. The first-order valence-electron chi connectivity index (χ1n) is 5.88. The molecule has 2 aromatic rings. The van der Waals surface area contributed by atoms with E-state index in [0.29, 0.717) is 12.2 Å². The molecule has 0 unspecified atom stereocenters. The minimum atomic E-state index is -0.497. The quantitative estimate of drug-likeness (QED) is 0.655. The lowest BCUT2D eigenvalue weighted by atomic mass is 10.1. The molecule has 0 spiro atoms. The Morgan fingerprint density at radius 2 is 2.20 bits per heavy atom. The van der Waals surface area contributed by atoms with Gasteiger partial charge in [0.15, 0.2) is 0 Å². The molecule has 1 amide bonds. The van der Waals surface area contributed by atoms with E-state index >= 15 is 0 Å². The smallest absolute Gasteiger partial charge is 0.293 e. The summed E-state index contributed by atoms with van der Waals surface area (Å²) in [5.74, 6) is -0.349. The Morgan fingerprint density at radius 3 is 2.80 bits per heavy atom. The zero-order valence-corrected chi connectivity index (χ0v) is 11.6. The standard InChI is InChI=1S/C13H13N3O3S/c1-14-13(17)9-4-5-11(12(7-9)16(18)19)15-8-10-3-2-6-20-10/h2-7,15H,8H2,1H3,(H,14,17). The number of nitrogens with zero attached hydrogens (tertiary/aromatic N) is 1. The number of carbonyl (C=O) groups excluding carboxylic acids is 1. The number of carbonyl (C=O) groups is 1. The van der Waals surface area contributed by atoms with Crippen molar-refractivity contribution in [2.45, 2.75) is 6.54 Å². The van der Waals surface area contributed by atoms with Crippen LogP contribution in [-0.2, 0) is 6.54 Å². The SMILES string of the molecule is CNC(=O)c1ccc(NCc2cccs2)c([N+](=O)[O-])c1. The zero-order valence-electron chi connectivity index (χ0n) is 10.8. The van der Waals surface area contributed by atoms with E-state index < -0.39 is 4.92 Å².